The Morgan fingerprint density at radius 2 is 1.65 bits per heavy atom. The summed E-state index contributed by atoms with van der Waals surface area (Å²) in [6, 6.07) is 9.45. The SMILES string of the molecule is CCCCOC(=O)N1CCN(C(=O)[C@H](CCC(=O)O)NC(=O)c2cc(N3C[C@@H]4[C@H](C3)[C@H]4OC(=O)O)nc(-c3ccccc3)n2)CC1. The molecule has 1 saturated carbocycles. The van der Waals surface area contributed by atoms with Gasteiger partial charge in [-0.15, -0.1) is 0 Å². The van der Waals surface area contributed by atoms with Gasteiger partial charge in [-0.05, 0) is 12.8 Å². The van der Waals surface area contributed by atoms with Crippen molar-refractivity contribution in [3.8, 4) is 11.4 Å². The monoisotopic (exact) mass is 638 g/mol. The lowest BCUT2D eigenvalue weighted by atomic mass is 10.1. The predicted octanol–water partition coefficient (Wildman–Crippen LogP) is 2.32. The van der Waals surface area contributed by atoms with Gasteiger partial charge in [0.05, 0.1) is 6.61 Å². The van der Waals surface area contributed by atoms with Crippen molar-refractivity contribution < 1.29 is 43.7 Å². The first-order valence-corrected chi connectivity index (χ1v) is 15.5. The van der Waals surface area contributed by atoms with E-state index in [4.69, 9.17) is 14.6 Å². The zero-order chi connectivity index (χ0) is 32.8. The average Bonchev–Trinajstić information content (AvgIpc) is 3.46. The lowest BCUT2D eigenvalue weighted by Crippen LogP contribution is -2.56. The van der Waals surface area contributed by atoms with Gasteiger partial charge in [0.25, 0.3) is 5.91 Å². The normalized spacial score (nSPS) is 20.8. The molecule has 2 aliphatic heterocycles. The second-order valence-electron chi connectivity index (χ2n) is 11.6. The third-order valence-electron chi connectivity index (χ3n) is 8.48. The Hall–Kier alpha value is -4.95. The van der Waals surface area contributed by atoms with Crippen molar-refractivity contribution in [1.29, 1.82) is 0 Å². The van der Waals surface area contributed by atoms with Crippen molar-refractivity contribution in [2.45, 2.75) is 44.8 Å². The van der Waals surface area contributed by atoms with Crippen LogP contribution in [0, 0.1) is 11.8 Å². The minimum Gasteiger partial charge on any atom is -0.481 e. The van der Waals surface area contributed by atoms with Crippen LogP contribution in [-0.2, 0) is 19.1 Å². The van der Waals surface area contributed by atoms with E-state index < -0.39 is 36.1 Å². The fraction of sp³-hybridized carbons (Fsp3) is 0.516. The highest BCUT2D eigenvalue weighted by Gasteiger charge is 2.59. The van der Waals surface area contributed by atoms with E-state index in [1.54, 1.807) is 12.1 Å². The topological polar surface area (TPSA) is 192 Å². The number of fused-ring (bicyclic) bond motifs is 1. The number of benzene rings is 1. The number of aliphatic carboxylic acids is 1. The Morgan fingerprint density at radius 1 is 0.978 bits per heavy atom. The summed E-state index contributed by atoms with van der Waals surface area (Å²) in [5, 5.41) is 21.0. The number of hydrogen-bond donors (Lipinski definition) is 3. The molecule has 3 fully saturated rings. The molecular weight excluding hydrogens is 600 g/mol. The summed E-state index contributed by atoms with van der Waals surface area (Å²) in [6.45, 7) is 4.23. The summed E-state index contributed by atoms with van der Waals surface area (Å²) in [4.78, 5) is 76.1. The van der Waals surface area contributed by atoms with Crippen LogP contribution in [0.3, 0.4) is 0 Å². The number of hydrogen-bond acceptors (Lipinski definition) is 10. The van der Waals surface area contributed by atoms with Gasteiger partial charge in [-0.1, -0.05) is 43.7 Å². The average molecular weight is 639 g/mol. The van der Waals surface area contributed by atoms with Crippen LogP contribution in [0.5, 0.6) is 0 Å². The number of carbonyl (C=O) groups is 5. The third-order valence-corrected chi connectivity index (χ3v) is 8.48. The Labute approximate surface area is 265 Å². The fourth-order valence-electron chi connectivity index (χ4n) is 5.86. The highest BCUT2D eigenvalue weighted by Crippen LogP contribution is 2.48. The molecule has 46 heavy (non-hydrogen) atoms. The van der Waals surface area contributed by atoms with E-state index in [0.717, 1.165) is 12.8 Å². The molecular formula is C31H38N6O9. The molecule has 2 saturated heterocycles. The Bertz CT molecular complexity index is 1440. The summed E-state index contributed by atoms with van der Waals surface area (Å²) < 4.78 is 10.2. The standard InChI is InChI=1S/C31H38N6O9/c1-2-3-15-45-30(42)36-13-11-35(12-14-36)29(41)22(9-10-25(38)39)33-28(40)23-16-24(34-27(32-23)19-7-5-4-6-8-19)37-17-20-21(18-37)26(20)46-31(43)44/h4-8,16,20-22,26H,2-3,9-15,17-18H2,1H3,(H,33,40)(H,38,39)(H,43,44)/t20-,21+,22-,26+/m0/s1. The molecule has 15 nitrogen and oxygen atoms in total. The second kappa shape index (κ2) is 14.4. The molecule has 15 heteroatoms. The third kappa shape index (κ3) is 7.82. The van der Waals surface area contributed by atoms with E-state index in [9.17, 15) is 29.1 Å². The maximum atomic E-state index is 13.7. The number of nitrogens with one attached hydrogen (secondary N) is 1. The van der Waals surface area contributed by atoms with Crippen LogP contribution in [0.1, 0.15) is 43.1 Å². The minimum atomic E-state index is -1.31. The largest absolute Gasteiger partial charge is 0.506 e. The summed E-state index contributed by atoms with van der Waals surface area (Å²) in [5.41, 5.74) is 0.662. The van der Waals surface area contributed by atoms with Gasteiger partial charge in [-0.25, -0.2) is 19.6 Å². The van der Waals surface area contributed by atoms with Gasteiger partial charge >= 0.3 is 18.2 Å². The maximum absolute atomic E-state index is 13.7. The number of ether oxygens (including phenoxy) is 2. The quantitative estimate of drug-likeness (QED) is 0.227. The Kier molecular flexibility index (Phi) is 10.2. The van der Waals surface area contributed by atoms with Crippen molar-refractivity contribution in [3.05, 3.63) is 42.1 Å². The van der Waals surface area contributed by atoms with E-state index in [1.165, 1.54) is 15.9 Å². The van der Waals surface area contributed by atoms with Crippen LogP contribution in [0.2, 0.25) is 0 Å². The zero-order valence-electron chi connectivity index (χ0n) is 25.5. The van der Waals surface area contributed by atoms with Crippen molar-refractivity contribution in [3.63, 3.8) is 0 Å². The molecule has 246 valence electrons. The van der Waals surface area contributed by atoms with Gasteiger partial charge in [0.2, 0.25) is 5.91 Å². The molecule has 5 rings (SSSR count). The van der Waals surface area contributed by atoms with E-state index in [1.807, 2.05) is 30.0 Å². The number of rotatable bonds is 12. The van der Waals surface area contributed by atoms with Crippen molar-refractivity contribution in [2.75, 3.05) is 50.8 Å². The summed E-state index contributed by atoms with van der Waals surface area (Å²) >= 11 is 0. The number of anilines is 1. The van der Waals surface area contributed by atoms with Gasteiger partial charge in [0.15, 0.2) is 5.82 Å². The predicted molar refractivity (Wildman–Crippen MR) is 162 cm³/mol. The van der Waals surface area contributed by atoms with Crippen molar-refractivity contribution in [1.82, 2.24) is 25.1 Å². The van der Waals surface area contributed by atoms with Crippen molar-refractivity contribution in [2.24, 2.45) is 11.8 Å². The molecule has 0 radical (unpaired) electrons. The molecule has 0 unspecified atom stereocenters. The molecule has 1 aromatic carbocycles. The number of carbonyl (C=O) groups excluding carboxylic acids is 3. The lowest BCUT2D eigenvalue weighted by Gasteiger charge is -2.36. The smallest absolute Gasteiger partial charge is 0.481 e. The van der Waals surface area contributed by atoms with E-state index >= 15 is 0 Å². The Morgan fingerprint density at radius 3 is 2.28 bits per heavy atom. The molecule has 3 N–H and O–H groups in total. The van der Waals surface area contributed by atoms with E-state index in [2.05, 4.69) is 15.3 Å². The first kappa shape index (κ1) is 32.4. The van der Waals surface area contributed by atoms with Crippen LogP contribution in [0.15, 0.2) is 36.4 Å². The first-order chi connectivity index (χ1) is 22.1. The molecule has 1 aliphatic carbocycles. The van der Waals surface area contributed by atoms with Gasteiger partial charge in [-0.2, -0.15) is 0 Å². The van der Waals surface area contributed by atoms with Gasteiger partial charge < -0.3 is 39.7 Å². The van der Waals surface area contributed by atoms with Crippen LogP contribution < -0.4 is 10.2 Å². The summed E-state index contributed by atoms with van der Waals surface area (Å²) in [6.07, 6.45) is -0.933. The maximum Gasteiger partial charge on any atom is 0.506 e. The number of carboxylic acid groups (broad SMARTS) is 2. The van der Waals surface area contributed by atoms with Gasteiger partial charge in [0.1, 0.15) is 23.7 Å². The van der Waals surface area contributed by atoms with Crippen LogP contribution in [0.25, 0.3) is 11.4 Å². The summed E-state index contributed by atoms with van der Waals surface area (Å²) in [5.74, 6) is -1.41. The van der Waals surface area contributed by atoms with Crippen LogP contribution in [-0.4, -0.2) is 118 Å². The Balaban J connectivity index is 1.30. The molecule has 1 aromatic heterocycles. The zero-order valence-corrected chi connectivity index (χ0v) is 25.5. The number of piperidine rings is 1. The van der Waals surface area contributed by atoms with Crippen LogP contribution in [0.4, 0.5) is 15.4 Å². The number of aromatic nitrogens is 2. The molecule has 4 atom stereocenters. The molecule has 3 heterocycles. The lowest BCUT2D eigenvalue weighted by molar-refractivity contribution is -0.138. The number of amides is 3. The molecule has 0 spiro atoms. The number of nitrogens with zero attached hydrogens (tertiary/aromatic N) is 5. The number of unbranched alkanes of at least 4 members (excludes halogenated alkanes) is 1. The number of piperazine rings is 1. The minimum absolute atomic E-state index is 0.00414. The van der Waals surface area contributed by atoms with Gasteiger partial charge in [0, 0.05) is 69.2 Å². The van der Waals surface area contributed by atoms with Crippen molar-refractivity contribution >= 4 is 35.9 Å². The second-order valence-corrected chi connectivity index (χ2v) is 11.6. The molecule has 3 aliphatic rings. The van der Waals surface area contributed by atoms with Crippen LogP contribution >= 0.6 is 0 Å². The first-order valence-electron chi connectivity index (χ1n) is 15.5. The number of carboxylic acids is 1. The van der Waals surface area contributed by atoms with E-state index in [0.29, 0.717) is 31.1 Å². The molecule has 0 bridgehead atoms. The van der Waals surface area contributed by atoms with E-state index in [-0.39, 0.29) is 68.5 Å². The molecule has 2 aromatic rings. The summed E-state index contributed by atoms with van der Waals surface area (Å²) in [7, 11) is 0. The molecule has 3 amide bonds. The van der Waals surface area contributed by atoms with Gasteiger partial charge in [-0.3, -0.25) is 14.4 Å². The fourth-order valence-corrected chi connectivity index (χ4v) is 5.86. The highest BCUT2D eigenvalue weighted by molar-refractivity contribution is 5.97. The highest BCUT2D eigenvalue weighted by atomic mass is 16.7.